The molecule has 1 saturated carbocycles. The van der Waals surface area contributed by atoms with Gasteiger partial charge in [0.05, 0.1) is 6.10 Å². The van der Waals surface area contributed by atoms with Crippen molar-refractivity contribution in [2.75, 3.05) is 0 Å². The Labute approximate surface area is 133 Å². The van der Waals surface area contributed by atoms with Gasteiger partial charge >= 0.3 is 0 Å². The molecule has 0 bridgehead atoms. The van der Waals surface area contributed by atoms with Gasteiger partial charge in [0.1, 0.15) is 0 Å². The van der Waals surface area contributed by atoms with Crippen LogP contribution < -0.4 is 0 Å². The van der Waals surface area contributed by atoms with Crippen LogP contribution in [0.4, 0.5) is 0 Å². The summed E-state index contributed by atoms with van der Waals surface area (Å²) in [5.74, 6) is 1.65. The first-order valence-electron chi connectivity index (χ1n) is 9.57. The van der Waals surface area contributed by atoms with Crippen LogP contribution in [0.15, 0.2) is 12.2 Å². The van der Waals surface area contributed by atoms with E-state index in [2.05, 4.69) is 32.9 Å². The normalized spacial score (nSPS) is 26.0. The molecule has 0 N–H and O–H groups in total. The molecule has 0 radical (unpaired) electrons. The first-order valence-corrected chi connectivity index (χ1v) is 12.1. The Balaban J connectivity index is 2.11. The van der Waals surface area contributed by atoms with Crippen molar-refractivity contribution in [2.45, 2.75) is 96.4 Å². The summed E-state index contributed by atoms with van der Waals surface area (Å²) in [4.78, 5) is 0. The van der Waals surface area contributed by atoms with Crippen LogP contribution in [0, 0.1) is 11.8 Å². The molecule has 2 unspecified atom stereocenters. The predicted octanol–water partition coefficient (Wildman–Crippen LogP) is 6.31. The fourth-order valence-corrected chi connectivity index (χ4v) is 7.41. The Kier molecular flexibility index (Phi) is 7.01. The molecule has 0 saturated heterocycles. The minimum atomic E-state index is -1.47. The third-order valence-electron chi connectivity index (χ3n) is 6.21. The number of hydrogen-bond donors (Lipinski definition) is 0. The first kappa shape index (κ1) is 17.3. The molecule has 0 spiro atoms. The fourth-order valence-electron chi connectivity index (χ4n) is 4.44. The molecule has 21 heavy (non-hydrogen) atoms. The van der Waals surface area contributed by atoms with E-state index in [9.17, 15) is 0 Å². The van der Waals surface area contributed by atoms with E-state index in [4.69, 9.17) is 4.43 Å². The van der Waals surface area contributed by atoms with Crippen LogP contribution in [-0.2, 0) is 4.43 Å². The fraction of sp³-hybridized carbons (Fsp3) is 0.895. The highest BCUT2D eigenvalue weighted by molar-refractivity contribution is 6.73. The summed E-state index contributed by atoms with van der Waals surface area (Å²) in [7, 11) is -1.47. The second-order valence-electron chi connectivity index (χ2n) is 7.27. The highest BCUT2D eigenvalue weighted by Crippen LogP contribution is 2.39. The topological polar surface area (TPSA) is 9.23 Å². The van der Waals surface area contributed by atoms with Gasteiger partial charge in [-0.3, -0.25) is 0 Å². The predicted molar refractivity (Wildman–Crippen MR) is 95.1 cm³/mol. The molecule has 1 nitrogen and oxygen atoms in total. The molecule has 1 fully saturated rings. The van der Waals surface area contributed by atoms with Gasteiger partial charge in [-0.15, -0.1) is 0 Å². The maximum absolute atomic E-state index is 7.07. The van der Waals surface area contributed by atoms with Crippen molar-refractivity contribution in [1.29, 1.82) is 0 Å². The van der Waals surface area contributed by atoms with Crippen molar-refractivity contribution < 1.29 is 4.43 Å². The lowest BCUT2D eigenvalue weighted by Gasteiger charge is -2.42. The van der Waals surface area contributed by atoms with E-state index in [-0.39, 0.29) is 0 Å². The molecule has 2 aliphatic carbocycles. The lowest BCUT2D eigenvalue weighted by molar-refractivity contribution is 0.0414. The van der Waals surface area contributed by atoms with Crippen LogP contribution in [0.1, 0.15) is 72.1 Å². The molecule has 0 aromatic carbocycles. The molecular formula is C19H36OSi. The summed E-state index contributed by atoms with van der Waals surface area (Å²) in [5.41, 5.74) is 0. The minimum Gasteiger partial charge on any atom is -0.413 e. The van der Waals surface area contributed by atoms with Crippen molar-refractivity contribution in [2.24, 2.45) is 11.8 Å². The SMILES string of the molecule is CC[Si](CC)(CC)OC(C1CC=CCC1)C1CCCCC1. The van der Waals surface area contributed by atoms with E-state index >= 15 is 0 Å². The third-order valence-corrected chi connectivity index (χ3v) is 10.8. The van der Waals surface area contributed by atoms with E-state index in [1.54, 1.807) is 0 Å². The molecule has 0 aromatic rings. The average Bonchev–Trinajstić information content (AvgIpc) is 2.58. The van der Waals surface area contributed by atoms with Crippen LogP contribution in [0.3, 0.4) is 0 Å². The van der Waals surface area contributed by atoms with E-state index in [0.717, 1.165) is 11.8 Å². The highest BCUT2D eigenvalue weighted by atomic mass is 28.4. The smallest absolute Gasteiger partial charge is 0.192 e. The van der Waals surface area contributed by atoms with Crippen molar-refractivity contribution in [3.05, 3.63) is 12.2 Å². The van der Waals surface area contributed by atoms with Crippen molar-refractivity contribution in [3.8, 4) is 0 Å². The summed E-state index contributed by atoms with van der Waals surface area (Å²) in [6.45, 7) is 7.12. The van der Waals surface area contributed by atoms with Crippen molar-refractivity contribution >= 4 is 8.32 Å². The van der Waals surface area contributed by atoms with E-state index in [1.807, 2.05) is 0 Å². The molecular weight excluding hydrogens is 272 g/mol. The Morgan fingerprint density at radius 2 is 1.57 bits per heavy atom. The van der Waals surface area contributed by atoms with E-state index in [1.165, 1.54) is 69.5 Å². The summed E-state index contributed by atoms with van der Waals surface area (Å²) in [6, 6.07) is 3.89. The Morgan fingerprint density at radius 3 is 2.10 bits per heavy atom. The second-order valence-corrected chi connectivity index (χ2v) is 12.0. The maximum Gasteiger partial charge on any atom is 0.192 e. The van der Waals surface area contributed by atoms with Gasteiger partial charge in [-0.25, -0.2) is 0 Å². The third kappa shape index (κ3) is 4.45. The van der Waals surface area contributed by atoms with Crippen LogP contribution in [0.2, 0.25) is 18.1 Å². The number of allylic oxidation sites excluding steroid dienone is 2. The second kappa shape index (κ2) is 8.52. The Bertz CT molecular complexity index is 307. The molecule has 2 aliphatic rings. The largest absolute Gasteiger partial charge is 0.413 e. The summed E-state index contributed by atoms with van der Waals surface area (Å²) in [6.07, 6.45) is 16.4. The first-order chi connectivity index (χ1) is 10.2. The van der Waals surface area contributed by atoms with Crippen LogP contribution in [0.5, 0.6) is 0 Å². The number of hydrogen-bond acceptors (Lipinski definition) is 1. The molecule has 0 aliphatic heterocycles. The van der Waals surface area contributed by atoms with Crippen LogP contribution >= 0.6 is 0 Å². The lowest BCUT2D eigenvalue weighted by Crippen LogP contribution is -2.46. The van der Waals surface area contributed by atoms with Gasteiger partial charge < -0.3 is 4.43 Å². The van der Waals surface area contributed by atoms with Gasteiger partial charge in [0.15, 0.2) is 8.32 Å². The zero-order valence-electron chi connectivity index (χ0n) is 14.6. The summed E-state index contributed by atoms with van der Waals surface area (Å²) in [5, 5.41) is 0. The van der Waals surface area contributed by atoms with Gasteiger partial charge in [-0.2, -0.15) is 0 Å². The molecule has 0 amide bonds. The van der Waals surface area contributed by atoms with E-state index in [0.29, 0.717) is 6.10 Å². The van der Waals surface area contributed by atoms with Gasteiger partial charge in [0, 0.05) is 0 Å². The zero-order valence-corrected chi connectivity index (χ0v) is 15.6. The average molecular weight is 309 g/mol. The van der Waals surface area contributed by atoms with Gasteiger partial charge in [0.2, 0.25) is 0 Å². The minimum absolute atomic E-state index is 0.571. The lowest BCUT2D eigenvalue weighted by atomic mass is 9.77. The van der Waals surface area contributed by atoms with Crippen molar-refractivity contribution in [3.63, 3.8) is 0 Å². The van der Waals surface area contributed by atoms with Gasteiger partial charge in [-0.05, 0) is 62.1 Å². The molecule has 122 valence electrons. The standard InChI is InChI=1S/C19H36OSi/c1-4-21(5-2,6-3)20-19(17-13-9-7-10-14-17)18-15-11-8-12-16-18/h7,9,17-19H,4-6,8,10-16H2,1-3H3. The molecule has 0 heterocycles. The summed E-state index contributed by atoms with van der Waals surface area (Å²) >= 11 is 0. The molecule has 2 atom stereocenters. The molecule has 2 rings (SSSR count). The summed E-state index contributed by atoms with van der Waals surface area (Å²) < 4.78 is 7.07. The number of rotatable bonds is 7. The Morgan fingerprint density at radius 1 is 0.905 bits per heavy atom. The maximum atomic E-state index is 7.07. The highest BCUT2D eigenvalue weighted by Gasteiger charge is 2.38. The van der Waals surface area contributed by atoms with Crippen LogP contribution in [0.25, 0.3) is 0 Å². The van der Waals surface area contributed by atoms with Gasteiger partial charge in [-0.1, -0.05) is 52.2 Å². The zero-order chi connectivity index (χ0) is 15.1. The monoisotopic (exact) mass is 308 g/mol. The van der Waals surface area contributed by atoms with Crippen LogP contribution in [-0.4, -0.2) is 14.4 Å². The van der Waals surface area contributed by atoms with Crippen molar-refractivity contribution in [1.82, 2.24) is 0 Å². The molecule has 0 aromatic heterocycles. The Hall–Kier alpha value is -0.0831. The van der Waals surface area contributed by atoms with Gasteiger partial charge in [0.25, 0.3) is 0 Å². The quantitative estimate of drug-likeness (QED) is 0.395. The van der Waals surface area contributed by atoms with E-state index < -0.39 is 8.32 Å². The molecule has 2 heteroatoms.